The van der Waals surface area contributed by atoms with Crippen LogP contribution in [0.5, 0.6) is 0 Å². The molecule has 16 nitrogen and oxygen atoms in total. The van der Waals surface area contributed by atoms with Crippen molar-refractivity contribution in [1.82, 2.24) is 0 Å². The molecule has 0 aromatic carbocycles. The summed E-state index contributed by atoms with van der Waals surface area (Å²) >= 11 is 0. The second-order valence-electron chi connectivity index (χ2n) is 2.91. The third-order valence-corrected chi connectivity index (χ3v) is 1.07. The van der Waals surface area contributed by atoms with Gasteiger partial charge in [0, 0.05) is 218 Å². The van der Waals surface area contributed by atoms with Crippen molar-refractivity contribution in [2.24, 2.45) is 0 Å². The molecule has 0 unspecified atom stereocenters. The van der Waals surface area contributed by atoms with Crippen molar-refractivity contribution in [3.8, 4) is 0 Å². The van der Waals surface area contributed by atoms with Gasteiger partial charge in [-0.2, -0.15) is 0 Å². The Morgan fingerprint density at radius 2 is 0.333 bits per heavy atom. The van der Waals surface area contributed by atoms with Gasteiger partial charge in [0.1, 0.15) is 0 Å². The Labute approximate surface area is 365 Å². The fraction of sp³-hybridized carbons (Fsp3) is 0. The molecule has 0 aliphatic carbocycles. The van der Waals surface area contributed by atoms with Gasteiger partial charge in [0.05, 0.1) is 35.8 Å². The zero-order valence-corrected chi connectivity index (χ0v) is 48.3. The van der Waals surface area contributed by atoms with E-state index < -0.39 is 35.8 Å². The number of carboxylic acid groups (broad SMARTS) is 6. The molecule has 196 valence electrons. The van der Waals surface area contributed by atoms with E-state index in [0.29, 0.717) is 36.5 Å². The van der Waals surface area contributed by atoms with Crippen LogP contribution in [0.25, 0.3) is 0 Å². The molecular weight excluding hydrogens is 2060 g/mol. The zero-order valence-electron chi connectivity index (χ0n) is 17.2. The fourth-order valence-electron chi connectivity index (χ4n) is 0.408. The van der Waals surface area contributed by atoms with Crippen molar-refractivity contribution in [3.05, 3.63) is 36.5 Å². The molecule has 0 aliphatic rings. The number of carbonyl (C=O) groups excluding carboxylic acids is 6. The first-order valence-electron chi connectivity index (χ1n) is 5.18. The normalized spacial score (nSPS) is 6.33. The molecule has 0 bridgehead atoms. The molecule has 0 saturated carbocycles. The van der Waals surface area contributed by atoms with Gasteiger partial charge in [0.25, 0.3) is 0 Å². The Hall–Kier alpha value is 3.26. The topological polar surface area (TPSA) is 361 Å². The van der Waals surface area contributed by atoms with E-state index in [2.05, 4.69) is 0 Å². The van der Waals surface area contributed by atoms with Gasteiger partial charge in [0.15, 0.2) is 0 Å². The Bertz CT molecular complexity index is 469. The monoisotopic (exact) mass is 2070 g/mol. The fourth-order valence-corrected chi connectivity index (χ4v) is 0.408. The molecule has 0 saturated heterocycles. The Balaban J connectivity index is -0.0000000121. The van der Waals surface area contributed by atoms with Crippen LogP contribution < -0.4 is 30.6 Å². The van der Waals surface area contributed by atoms with Crippen molar-refractivity contribution in [3.63, 3.8) is 0 Å². The summed E-state index contributed by atoms with van der Waals surface area (Å²) < 4.78 is 0. The standard InChI is InChI=1S/3C4H4O4.4H2O.8Pb/c3*5-3(6)1-2-4(7)8;;;;;;;;;;;;/h3*1-2H,(H,5,6)(H,7,8);4*1H2;;;;;;;;/p-10/b3*2-1-;;;;;;;;;;;;. The Morgan fingerprint density at radius 3 is 0.361 bits per heavy atom. The van der Waals surface area contributed by atoms with Crippen LogP contribution in [0.15, 0.2) is 36.5 Å². The van der Waals surface area contributed by atoms with E-state index in [1.807, 2.05) is 0 Å². The summed E-state index contributed by atoms with van der Waals surface area (Å²) in [6.45, 7) is 0. The molecule has 0 fully saturated rings. The predicted molar refractivity (Wildman–Crippen MR) is 111 cm³/mol. The van der Waals surface area contributed by atoms with E-state index in [4.69, 9.17) is 0 Å². The number of carbonyl (C=O) groups is 6. The SMILES string of the molecule is O=C([O-])/C=C\C(=O)[O-].O=C([O-])/C=C\C(=O)[O-].O=C([O-])/C=C\C(=O)[O-].[OH-].[OH-].[OH-].[OH-].[Pb].[Pb].[Pb].[Pb].[Pb].[Pb].[Pb].[Pb]. The van der Waals surface area contributed by atoms with E-state index in [1.54, 1.807) is 0 Å². The first-order valence-corrected chi connectivity index (χ1v) is 5.18. The van der Waals surface area contributed by atoms with Gasteiger partial charge in [-0.1, -0.05) is 0 Å². The van der Waals surface area contributed by atoms with Crippen LogP contribution >= 0.6 is 0 Å². The van der Waals surface area contributed by atoms with Gasteiger partial charge in [-0.15, -0.1) is 0 Å². The Morgan fingerprint density at radius 1 is 0.278 bits per heavy atom. The quantitative estimate of drug-likeness (QED) is 0.176. The minimum absolute atomic E-state index is 0. The second kappa shape index (κ2) is 71.5. The molecule has 0 spiro atoms. The number of rotatable bonds is 6. The van der Waals surface area contributed by atoms with Gasteiger partial charge in [-0.3, -0.25) is 0 Å². The maximum Gasteiger partial charge on any atom is 0.0643 e. The minimum atomic E-state index is -1.55. The van der Waals surface area contributed by atoms with Gasteiger partial charge in [0.2, 0.25) is 0 Å². The van der Waals surface area contributed by atoms with E-state index in [9.17, 15) is 59.4 Å². The third kappa shape index (κ3) is 147. The molecule has 0 amide bonds. The van der Waals surface area contributed by atoms with E-state index in [1.165, 1.54) is 0 Å². The van der Waals surface area contributed by atoms with Crippen molar-refractivity contribution >= 4 is 254 Å². The summed E-state index contributed by atoms with van der Waals surface area (Å²) in [6.07, 6.45) is 2.31. The number of carboxylic acids is 6. The second-order valence-corrected chi connectivity index (χ2v) is 2.91. The van der Waals surface area contributed by atoms with Crippen molar-refractivity contribution in [2.75, 3.05) is 0 Å². The van der Waals surface area contributed by atoms with Crippen molar-refractivity contribution < 1.29 is 81.3 Å². The molecule has 0 aromatic rings. The average Bonchev–Trinajstić information content (AvgIpc) is 2.42. The molecule has 24 heteroatoms. The molecule has 0 aromatic heterocycles. The van der Waals surface area contributed by atoms with Crippen LogP contribution in [0.3, 0.4) is 0 Å². The predicted octanol–water partition coefficient (Wildman–Crippen LogP) is -12.6. The molecular formula is C12H10O16Pb8-10. The first kappa shape index (κ1) is 97.6. The van der Waals surface area contributed by atoms with Crippen molar-refractivity contribution in [1.29, 1.82) is 0 Å². The molecule has 0 atom stereocenters. The molecule has 4 N–H and O–H groups in total. The third-order valence-electron chi connectivity index (χ3n) is 1.07. The summed E-state index contributed by atoms with van der Waals surface area (Å²) in [7, 11) is 0. The van der Waals surface area contributed by atoms with Gasteiger partial charge < -0.3 is 81.3 Å². The van der Waals surface area contributed by atoms with Crippen molar-refractivity contribution in [2.45, 2.75) is 0 Å². The molecule has 0 heterocycles. The van der Waals surface area contributed by atoms with Gasteiger partial charge >= 0.3 is 0 Å². The number of hydrogen-bond acceptors (Lipinski definition) is 16. The first-order chi connectivity index (χ1) is 10.9. The largest absolute Gasteiger partial charge is 0.870 e. The van der Waals surface area contributed by atoms with Crippen LogP contribution in [0.2, 0.25) is 0 Å². The van der Waals surface area contributed by atoms with Gasteiger partial charge in [-0.25, -0.2) is 0 Å². The van der Waals surface area contributed by atoms with Crippen LogP contribution in [0.4, 0.5) is 0 Å². The summed E-state index contributed by atoms with van der Waals surface area (Å²) in [4.78, 5) is 56.5. The van der Waals surface area contributed by atoms with Gasteiger partial charge in [-0.05, 0) is 36.5 Å². The minimum Gasteiger partial charge on any atom is -0.870 e. The Kier molecular flexibility index (Phi) is 194. The smallest absolute Gasteiger partial charge is 0.0643 e. The van der Waals surface area contributed by atoms with Crippen LogP contribution in [-0.2, 0) is 28.8 Å². The molecule has 32 radical (unpaired) electrons. The van der Waals surface area contributed by atoms with E-state index in [0.717, 1.165) is 0 Å². The summed E-state index contributed by atoms with van der Waals surface area (Å²) in [5.41, 5.74) is 0. The van der Waals surface area contributed by atoms with E-state index in [-0.39, 0.29) is 240 Å². The zero-order chi connectivity index (χ0) is 19.7. The number of hydrogen-bond donors (Lipinski definition) is 0. The van der Waals surface area contributed by atoms with E-state index >= 15 is 0 Å². The van der Waals surface area contributed by atoms with Crippen LogP contribution in [0.1, 0.15) is 0 Å². The van der Waals surface area contributed by atoms with Crippen LogP contribution in [0, 0.1) is 0 Å². The molecule has 0 aliphatic heterocycles. The molecule has 0 rings (SSSR count). The average molecular weight is 2070 g/mol. The summed E-state index contributed by atoms with van der Waals surface area (Å²) in [5, 5.41) is 56.5. The molecule has 36 heavy (non-hydrogen) atoms. The maximum absolute atomic E-state index is 9.41. The maximum atomic E-state index is 9.41. The summed E-state index contributed by atoms with van der Waals surface area (Å²) in [6, 6.07) is 0. The number of aliphatic carboxylic acids is 6. The van der Waals surface area contributed by atoms with Crippen LogP contribution in [-0.4, -0.2) is 276 Å². The summed E-state index contributed by atoms with van der Waals surface area (Å²) in [5.74, 6) is -9.28.